The van der Waals surface area contributed by atoms with E-state index in [1.807, 2.05) is 0 Å². The molecule has 0 aliphatic carbocycles. The van der Waals surface area contributed by atoms with Crippen LogP contribution in [0.2, 0.25) is 0 Å². The number of hydrogen-bond donors (Lipinski definition) is 1. The highest BCUT2D eigenvalue weighted by molar-refractivity contribution is 5.83. The fourth-order valence-electron chi connectivity index (χ4n) is 1.41. The molecular formula is C10H9N3O2. The van der Waals surface area contributed by atoms with Crippen LogP contribution in [0.1, 0.15) is 10.5 Å². The molecule has 0 saturated heterocycles. The molecule has 2 aromatic rings. The first-order valence-corrected chi connectivity index (χ1v) is 4.36. The van der Waals surface area contributed by atoms with Crippen molar-refractivity contribution in [2.45, 2.75) is 0 Å². The number of rotatable bonds is 2. The van der Waals surface area contributed by atoms with Crippen molar-refractivity contribution in [1.82, 2.24) is 15.0 Å². The molecule has 5 nitrogen and oxygen atoms in total. The summed E-state index contributed by atoms with van der Waals surface area (Å²) in [6, 6.07) is 6.52. The second-order valence-electron chi connectivity index (χ2n) is 3.11. The second-order valence-corrected chi connectivity index (χ2v) is 3.11. The van der Waals surface area contributed by atoms with Crippen LogP contribution in [0.4, 0.5) is 0 Å². The Hall–Kier alpha value is -2.17. The quantitative estimate of drug-likeness (QED) is 0.739. The first-order chi connectivity index (χ1) is 7.22. The summed E-state index contributed by atoms with van der Waals surface area (Å²) in [6.07, 6.45) is 0.662. The largest absolute Gasteiger partial charge is 0.508 e. The van der Waals surface area contributed by atoms with E-state index in [0.717, 1.165) is 5.56 Å². The van der Waals surface area contributed by atoms with Gasteiger partial charge in [-0.15, -0.1) is 5.10 Å². The molecule has 0 aliphatic heterocycles. The van der Waals surface area contributed by atoms with Crippen LogP contribution >= 0.6 is 0 Å². The lowest BCUT2D eigenvalue weighted by Gasteiger charge is -2.01. The van der Waals surface area contributed by atoms with Crippen molar-refractivity contribution in [1.29, 1.82) is 0 Å². The Morgan fingerprint density at radius 2 is 2.00 bits per heavy atom. The number of hydrogen-bond acceptors (Lipinski definition) is 4. The molecule has 0 amide bonds. The first-order valence-electron chi connectivity index (χ1n) is 4.36. The topological polar surface area (TPSA) is 68.0 Å². The van der Waals surface area contributed by atoms with Crippen molar-refractivity contribution in [3.05, 3.63) is 30.0 Å². The molecule has 2 rings (SSSR count). The van der Waals surface area contributed by atoms with Gasteiger partial charge in [0.2, 0.25) is 0 Å². The Morgan fingerprint density at radius 3 is 2.60 bits per heavy atom. The van der Waals surface area contributed by atoms with Crippen molar-refractivity contribution in [3.63, 3.8) is 0 Å². The van der Waals surface area contributed by atoms with E-state index in [9.17, 15) is 4.79 Å². The summed E-state index contributed by atoms with van der Waals surface area (Å²) < 4.78 is 1.52. The number of phenols is 1. The Labute approximate surface area is 86.0 Å². The molecule has 0 radical (unpaired) electrons. The molecular weight excluding hydrogens is 194 g/mol. The van der Waals surface area contributed by atoms with Crippen LogP contribution in [-0.4, -0.2) is 26.4 Å². The number of carbonyl (C=O) groups excluding carboxylic acids is 1. The fraction of sp³-hybridized carbons (Fsp3) is 0.100. The Balaban J connectivity index is 2.57. The number of phenolic OH excluding ortho intramolecular Hbond substituents is 1. The first kappa shape index (κ1) is 9.39. The van der Waals surface area contributed by atoms with Crippen molar-refractivity contribution in [3.8, 4) is 17.0 Å². The third kappa shape index (κ3) is 1.59. The summed E-state index contributed by atoms with van der Waals surface area (Å²) in [6.45, 7) is 0. The third-order valence-electron chi connectivity index (χ3n) is 2.11. The minimum atomic E-state index is 0.182. The molecule has 0 aliphatic rings. The van der Waals surface area contributed by atoms with Crippen LogP contribution in [0.5, 0.6) is 5.75 Å². The summed E-state index contributed by atoms with van der Waals surface area (Å²) >= 11 is 0. The van der Waals surface area contributed by atoms with Gasteiger partial charge in [0.1, 0.15) is 5.75 Å². The molecule has 76 valence electrons. The summed E-state index contributed by atoms with van der Waals surface area (Å²) in [5, 5.41) is 16.6. The van der Waals surface area contributed by atoms with E-state index in [2.05, 4.69) is 10.3 Å². The van der Waals surface area contributed by atoms with Gasteiger partial charge < -0.3 is 5.11 Å². The van der Waals surface area contributed by atoms with E-state index in [-0.39, 0.29) is 5.75 Å². The highest BCUT2D eigenvalue weighted by Crippen LogP contribution is 2.22. The predicted molar refractivity (Wildman–Crippen MR) is 53.5 cm³/mol. The lowest BCUT2D eigenvalue weighted by molar-refractivity contribution is 0.111. The maximum atomic E-state index is 10.7. The van der Waals surface area contributed by atoms with Crippen LogP contribution in [-0.2, 0) is 7.05 Å². The maximum Gasteiger partial charge on any atom is 0.172 e. The van der Waals surface area contributed by atoms with Crippen molar-refractivity contribution >= 4 is 6.29 Å². The minimum absolute atomic E-state index is 0.182. The van der Waals surface area contributed by atoms with Gasteiger partial charge in [-0.05, 0) is 24.3 Å². The smallest absolute Gasteiger partial charge is 0.172 e. The van der Waals surface area contributed by atoms with E-state index in [4.69, 9.17) is 5.11 Å². The highest BCUT2D eigenvalue weighted by Gasteiger charge is 2.11. The highest BCUT2D eigenvalue weighted by atomic mass is 16.3. The third-order valence-corrected chi connectivity index (χ3v) is 2.11. The molecule has 15 heavy (non-hydrogen) atoms. The van der Waals surface area contributed by atoms with Crippen LogP contribution in [0.25, 0.3) is 11.3 Å². The van der Waals surface area contributed by atoms with Crippen LogP contribution in [0.15, 0.2) is 24.3 Å². The molecule has 1 N–H and O–H groups in total. The molecule has 0 bridgehead atoms. The Morgan fingerprint density at radius 1 is 1.33 bits per heavy atom. The number of nitrogens with zero attached hydrogens (tertiary/aromatic N) is 3. The molecule has 1 aromatic carbocycles. The standard InChI is InChI=1S/C10H9N3O2/c1-13-10(9(6-14)11-12-13)7-2-4-8(15)5-3-7/h2-6,15H,1H3. The number of aromatic hydroxyl groups is 1. The predicted octanol–water partition coefficient (Wildman–Crippen LogP) is 1.00. The van der Waals surface area contributed by atoms with E-state index >= 15 is 0 Å². The monoisotopic (exact) mass is 203 g/mol. The fourth-order valence-corrected chi connectivity index (χ4v) is 1.41. The minimum Gasteiger partial charge on any atom is -0.508 e. The van der Waals surface area contributed by atoms with Gasteiger partial charge in [0.15, 0.2) is 12.0 Å². The molecule has 0 spiro atoms. The Kier molecular flexibility index (Phi) is 2.21. The van der Waals surface area contributed by atoms with Crippen LogP contribution in [0.3, 0.4) is 0 Å². The molecule has 0 atom stereocenters. The van der Waals surface area contributed by atoms with Gasteiger partial charge in [-0.1, -0.05) is 5.21 Å². The average Bonchev–Trinajstić information content (AvgIpc) is 2.61. The SMILES string of the molecule is Cn1nnc(C=O)c1-c1ccc(O)cc1. The van der Waals surface area contributed by atoms with Gasteiger partial charge in [0.05, 0.1) is 5.69 Å². The zero-order chi connectivity index (χ0) is 10.8. The summed E-state index contributed by atoms with van der Waals surface area (Å²) in [4.78, 5) is 10.7. The van der Waals surface area contributed by atoms with Crippen molar-refractivity contribution < 1.29 is 9.90 Å². The zero-order valence-corrected chi connectivity index (χ0v) is 8.08. The van der Waals surface area contributed by atoms with Gasteiger partial charge in [0.25, 0.3) is 0 Å². The van der Waals surface area contributed by atoms with Gasteiger partial charge in [-0.3, -0.25) is 4.79 Å². The molecule has 5 heteroatoms. The normalized spacial score (nSPS) is 10.2. The van der Waals surface area contributed by atoms with E-state index in [1.165, 1.54) is 4.68 Å². The number of aryl methyl sites for hydroxylation is 1. The maximum absolute atomic E-state index is 10.7. The molecule has 1 aromatic heterocycles. The summed E-state index contributed by atoms with van der Waals surface area (Å²) in [5.74, 6) is 0.182. The molecule has 1 heterocycles. The average molecular weight is 203 g/mol. The van der Waals surface area contributed by atoms with E-state index in [1.54, 1.807) is 31.3 Å². The van der Waals surface area contributed by atoms with Gasteiger partial charge in [-0.2, -0.15) is 0 Å². The van der Waals surface area contributed by atoms with Gasteiger partial charge in [0, 0.05) is 12.6 Å². The number of aromatic nitrogens is 3. The number of carbonyl (C=O) groups is 1. The van der Waals surface area contributed by atoms with Gasteiger partial charge in [-0.25, -0.2) is 4.68 Å². The summed E-state index contributed by atoms with van der Waals surface area (Å²) in [7, 11) is 1.71. The van der Waals surface area contributed by atoms with Gasteiger partial charge >= 0.3 is 0 Å². The van der Waals surface area contributed by atoms with Crippen LogP contribution < -0.4 is 0 Å². The van der Waals surface area contributed by atoms with E-state index in [0.29, 0.717) is 17.7 Å². The zero-order valence-electron chi connectivity index (χ0n) is 8.08. The lowest BCUT2D eigenvalue weighted by Crippen LogP contribution is -1.94. The number of benzene rings is 1. The molecule has 0 unspecified atom stereocenters. The Bertz CT molecular complexity index is 488. The number of aldehydes is 1. The van der Waals surface area contributed by atoms with Crippen molar-refractivity contribution in [2.75, 3.05) is 0 Å². The molecule has 0 saturated carbocycles. The second kappa shape index (κ2) is 3.53. The lowest BCUT2D eigenvalue weighted by atomic mass is 10.1. The van der Waals surface area contributed by atoms with E-state index < -0.39 is 0 Å². The van der Waals surface area contributed by atoms with Crippen LogP contribution in [0, 0.1) is 0 Å². The van der Waals surface area contributed by atoms with Crippen molar-refractivity contribution in [2.24, 2.45) is 7.05 Å². The molecule has 0 fully saturated rings. The summed E-state index contributed by atoms with van der Waals surface area (Å²) in [5.41, 5.74) is 1.73.